The smallest absolute Gasteiger partial charge is 0.0624 e. The molecule has 0 aliphatic heterocycles. The van der Waals surface area contributed by atoms with E-state index in [1.54, 1.807) is 0 Å². The van der Waals surface area contributed by atoms with Crippen LogP contribution in [0.5, 0.6) is 0 Å². The van der Waals surface area contributed by atoms with Crippen molar-refractivity contribution in [1.29, 1.82) is 0 Å². The van der Waals surface area contributed by atoms with Gasteiger partial charge in [-0.2, -0.15) is 5.10 Å². The Balaban J connectivity index is 2.34. The predicted octanol–water partition coefficient (Wildman–Crippen LogP) is 3.42. The summed E-state index contributed by atoms with van der Waals surface area (Å²) in [5.41, 5.74) is 2.57. The second-order valence-electron chi connectivity index (χ2n) is 5.88. The average Bonchev–Trinajstić information content (AvgIpc) is 2.79. The molecule has 0 amide bonds. The molecule has 0 fully saturated rings. The quantitative estimate of drug-likeness (QED) is 0.741. The molecule has 1 heterocycles. The summed E-state index contributed by atoms with van der Waals surface area (Å²) >= 11 is 0. The number of hydrogen-bond donors (Lipinski definition) is 1. The van der Waals surface area contributed by atoms with Crippen LogP contribution in [-0.4, -0.2) is 22.4 Å². The fourth-order valence-electron chi connectivity index (χ4n) is 2.27. The van der Waals surface area contributed by atoms with E-state index in [0.717, 1.165) is 31.8 Å². The maximum atomic E-state index is 4.65. The van der Waals surface area contributed by atoms with Crippen LogP contribution >= 0.6 is 0 Å². The van der Waals surface area contributed by atoms with E-state index in [0.29, 0.717) is 6.04 Å². The molecule has 0 saturated carbocycles. The Labute approximate surface area is 118 Å². The first-order valence-corrected chi connectivity index (χ1v) is 7.85. The van der Waals surface area contributed by atoms with Gasteiger partial charge in [-0.1, -0.05) is 27.7 Å². The van der Waals surface area contributed by atoms with Crippen LogP contribution in [-0.2, 0) is 19.4 Å². The van der Waals surface area contributed by atoms with E-state index in [9.17, 15) is 0 Å². The van der Waals surface area contributed by atoms with E-state index in [4.69, 9.17) is 0 Å². The highest BCUT2D eigenvalue weighted by atomic mass is 15.3. The van der Waals surface area contributed by atoms with Gasteiger partial charge in [0.05, 0.1) is 12.2 Å². The van der Waals surface area contributed by atoms with Crippen LogP contribution in [0.3, 0.4) is 0 Å². The zero-order valence-corrected chi connectivity index (χ0v) is 13.4. The molecule has 3 nitrogen and oxygen atoms in total. The van der Waals surface area contributed by atoms with Gasteiger partial charge in [-0.3, -0.25) is 4.68 Å². The lowest BCUT2D eigenvalue weighted by atomic mass is 10.0. The molecular formula is C16H31N3. The summed E-state index contributed by atoms with van der Waals surface area (Å²) in [6.45, 7) is 13.2. The van der Waals surface area contributed by atoms with Crippen molar-refractivity contribution in [2.24, 2.45) is 5.92 Å². The maximum Gasteiger partial charge on any atom is 0.0624 e. The van der Waals surface area contributed by atoms with Crippen LogP contribution in [0.2, 0.25) is 0 Å². The van der Waals surface area contributed by atoms with Crippen molar-refractivity contribution < 1.29 is 0 Å². The molecule has 1 atom stereocenters. The summed E-state index contributed by atoms with van der Waals surface area (Å²) in [4.78, 5) is 0. The Hall–Kier alpha value is -0.830. The highest BCUT2D eigenvalue weighted by Crippen LogP contribution is 2.07. The lowest BCUT2D eigenvalue weighted by molar-refractivity contribution is 0.431. The molecule has 0 bridgehead atoms. The molecule has 0 aromatic carbocycles. The Kier molecular flexibility index (Phi) is 7.14. The SMILES string of the molecule is CCc1cc(CC)n(CCNC(C)CCC(C)C)n1. The third-order valence-corrected chi connectivity index (χ3v) is 3.63. The molecule has 3 heteroatoms. The van der Waals surface area contributed by atoms with Crippen molar-refractivity contribution in [3.05, 3.63) is 17.5 Å². The van der Waals surface area contributed by atoms with E-state index in [-0.39, 0.29) is 0 Å². The monoisotopic (exact) mass is 265 g/mol. The minimum atomic E-state index is 0.605. The molecule has 19 heavy (non-hydrogen) atoms. The normalized spacial score (nSPS) is 13.2. The van der Waals surface area contributed by atoms with E-state index in [1.807, 2.05) is 0 Å². The van der Waals surface area contributed by atoms with E-state index >= 15 is 0 Å². The van der Waals surface area contributed by atoms with Crippen LogP contribution in [0.25, 0.3) is 0 Å². The minimum Gasteiger partial charge on any atom is -0.312 e. The van der Waals surface area contributed by atoms with Gasteiger partial charge in [0.15, 0.2) is 0 Å². The first-order valence-electron chi connectivity index (χ1n) is 7.85. The highest BCUT2D eigenvalue weighted by molar-refractivity contribution is 5.10. The fraction of sp³-hybridized carbons (Fsp3) is 0.812. The average molecular weight is 265 g/mol. The summed E-state index contributed by atoms with van der Waals surface area (Å²) < 4.78 is 2.17. The predicted molar refractivity (Wildman–Crippen MR) is 82.5 cm³/mol. The van der Waals surface area contributed by atoms with Gasteiger partial charge in [0, 0.05) is 18.3 Å². The standard InChI is InChI=1S/C16H31N3/c1-6-15-12-16(7-2)19(18-15)11-10-17-14(5)9-8-13(3)4/h12-14,17H,6-11H2,1-5H3. The molecule has 1 unspecified atom stereocenters. The first-order chi connectivity index (χ1) is 9.06. The van der Waals surface area contributed by atoms with Crippen molar-refractivity contribution in [3.8, 4) is 0 Å². The van der Waals surface area contributed by atoms with Gasteiger partial charge in [-0.05, 0) is 44.6 Å². The summed E-state index contributed by atoms with van der Waals surface area (Å²) in [7, 11) is 0. The Morgan fingerprint density at radius 2 is 1.89 bits per heavy atom. The van der Waals surface area contributed by atoms with Crippen LogP contribution in [0.4, 0.5) is 0 Å². The minimum absolute atomic E-state index is 0.605. The van der Waals surface area contributed by atoms with Gasteiger partial charge in [-0.15, -0.1) is 0 Å². The molecule has 1 aromatic heterocycles. The van der Waals surface area contributed by atoms with Gasteiger partial charge >= 0.3 is 0 Å². The number of hydrogen-bond acceptors (Lipinski definition) is 2. The van der Waals surface area contributed by atoms with Gasteiger partial charge in [-0.25, -0.2) is 0 Å². The van der Waals surface area contributed by atoms with Gasteiger partial charge in [0.2, 0.25) is 0 Å². The molecule has 1 N–H and O–H groups in total. The zero-order chi connectivity index (χ0) is 14.3. The zero-order valence-electron chi connectivity index (χ0n) is 13.4. The Morgan fingerprint density at radius 1 is 1.16 bits per heavy atom. The highest BCUT2D eigenvalue weighted by Gasteiger charge is 2.06. The van der Waals surface area contributed by atoms with Crippen LogP contribution < -0.4 is 5.32 Å². The summed E-state index contributed by atoms with van der Waals surface area (Å²) in [5.74, 6) is 0.800. The number of nitrogens with one attached hydrogen (secondary N) is 1. The van der Waals surface area contributed by atoms with Crippen molar-refractivity contribution in [3.63, 3.8) is 0 Å². The maximum absolute atomic E-state index is 4.65. The molecule has 0 saturated heterocycles. The van der Waals surface area contributed by atoms with Gasteiger partial charge in [0.25, 0.3) is 0 Å². The van der Waals surface area contributed by atoms with E-state index in [1.165, 1.54) is 24.2 Å². The Bertz CT molecular complexity index is 355. The molecule has 0 radical (unpaired) electrons. The third kappa shape index (κ3) is 5.77. The third-order valence-electron chi connectivity index (χ3n) is 3.63. The van der Waals surface area contributed by atoms with Crippen LogP contribution in [0.1, 0.15) is 58.8 Å². The van der Waals surface area contributed by atoms with E-state index < -0.39 is 0 Å². The first kappa shape index (κ1) is 16.2. The molecule has 0 aliphatic rings. The largest absolute Gasteiger partial charge is 0.312 e. The molecule has 1 aromatic rings. The lowest BCUT2D eigenvalue weighted by Gasteiger charge is -2.15. The number of aromatic nitrogens is 2. The van der Waals surface area contributed by atoms with Crippen molar-refractivity contribution in [2.75, 3.05) is 6.54 Å². The van der Waals surface area contributed by atoms with Crippen molar-refractivity contribution in [2.45, 2.75) is 72.9 Å². The lowest BCUT2D eigenvalue weighted by Crippen LogP contribution is -2.30. The van der Waals surface area contributed by atoms with Crippen LogP contribution in [0, 0.1) is 5.92 Å². The second-order valence-corrected chi connectivity index (χ2v) is 5.88. The molecule has 1 rings (SSSR count). The Morgan fingerprint density at radius 3 is 2.47 bits per heavy atom. The van der Waals surface area contributed by atoms with Crippen molar-refractivity contribution in [1.82, 2.24) is 15.1 Å². The second kappa shape index (κ2) is 8.36. The number of rotatable bonds is 9. The molecule has 110 valence electrons. The summed E-state index contributed by atoms with van der Waals surface area (Å²) in [6, 6.07) is 2.84. The summed E-state index contributed by atoms with van der Waals surface area (Å²) in [5, 5.41) is 8.25. The molecule has 0 aliphatic carbocycles. The van der Waals surface area contributed by atoms with Gasteiger partial charge in [0.1, 0.15) is 0 Å². The van der Waals surface area contributed by atoms with E-state index in [2.05, 4.69) is 55.8 Å². The fourth-order valence-corrected chi connectivity index (χ4v) is 2.27. The number of aryl methyl sites for hydroxylation is 2. The number of nitrogens with zero attached hydrogens (tertiary/aromatic N) is 2. The topological polar surface area (TPSA) is 29.9 Å². The van der Waals surface area contributed by atoms with Gasteiger partial charge < -0.3 is 5.32 Å². The molecular weight excluding hydrogens is 234 g/mol. The summed E-state index contributed by atoms with van der Waals surface area (Å²) in [6.07, 6.45) is 4.65. The molecule has 0 spiro atoms. The van der Waals surface area contributed by atoms with Crippen molar-refractivity contribution >= 4 is 0 Å². The van der Waals surface area contributed by atoms with Crippen LogP contribution in [0.15, 0.2) is 6.07 Å².